The number of benzene rings is 1. The van der Waals surface area contributed by atoms with Gasteiger partial charge >= 0.3 is 0 Å². The maximum atomic E-state index is 13.7. The van der Waals surface area contributed by atoms with Crippen molar-refractivity contribution < 1.29 is 21.9 Å². The summed E-state index contributed by atoms with van der Waals surface area (Å²) in [4.78, 5) is 7.98. The minimum atomic E-state index is -3.77. The van der Waals surface area contributed by atoms with Crippen LogP contribution in [-0.4, -0.2) is 30.5 Å². The van der Waals surface area contributed by atoms with Crippen LogP contribution in [0.1, 0.15) is 31.2 Å². The molecule has 1 aromatic heterocycles. The molecule has 1 saturated carbocycles. The lowest BCUT2D eigenvalue weighted by Crippen LogP contribution is -2.40. The molecule has 0 saturated heterocycles. The molecule has 1 heterocycles. The minimum Gasteiger partial charge on any atom is -0.473 e. The van der Waals surface area contributed by atoms with Gasteiger partial charge in [-0.05, 0) is 43.9 Å². The van der Waals surface area contributed by atoms with Gasteiger partial charge in [0, 0.05) is 24.0 Å². The van der Waals surface area contributed by atoms with Gasteiger partial charge < -0.3 is 4.74 Å². The molecule has 26 heavy (non-hydrogen) atoms. The van der Waals surface area contributed by atoms with Gasteiger partial charge in [-0.3, -0.25) is 4.98 Å². The molecule has 1 aliphatic rings. The zero-order valence-electron chi connectivity index (χ0n) is 13.9. The summed E-state index contributed by atoms with van der Waals surface area (Å²) in [6.07, 6.45) is 7.10. The van der Waals surface area contributed by atoms with E-state index in [1.165, 1.54) is 6.20 Å². The Balaban J connectivity index is 1.52. The summed E-state index contributed by atoms with van der Waals surface area (Å²) >= 11 is 0. The van der Waals surface area contributed by atoms with Crippen molar-refractivity contribution in [1.29, 1.82) is 0 Å². The largest absolute Gasteiger partial charge is 0.473 e. The van der Waals surface area contributed by atoms with Crippen molar-refractivity contribution in [2.45, 2.75) is 43.6 Å². The zero-order chi connectivity index (χ0) is 18.6. The maximum absolute atomic E-state index is 13.7. The smallest absolute Gasteiger partial charge is 0.232 e. The average molecular weight is 383 g/mol. The topological polar surface area (TPSA) is 81.2 Å². The van der Waals surface area contributed by atoms with Crippen LogP contribution < -0.4 is 9.46 Å². The Labute approximate surface area is 150 Å². The number of rotatable bonds is 6. The van der Waals surface area contributed by atoms with E-state index in [1.807, 2.05) is 0 Å². The van der Waals surface area contributed by atoms with Gasteiger partial charge in [-0.15, -0.1) is 0 Å². The van der Waals surface area contributed by atoms with E-state index >= 15 is 0 Å². The van der Waals surface area contributed by atoms with E-state index in [1.54, 1.807) is 12.4 Å². The van der Waals surface area contributed by atoms with Gasteiger partial charge in [-0.25, -0.2) is 26.9 Å². The molecule has 0 radical (unpaired) electrons. The maximum Gasteiger partial charge on any atom is 0.232 e. The second kappa shape index (κ2) is 8.05. The summed E-state index contributed by atoms with van der Waals surface area (Å²) in [5.41, 5.74) is -0.183. The standard InChI is InChI=1S/C17H19F2N3O3S/c18-13-1-6-16(19)12(9-13)11-26(23,24)22-14-2-4-15(5-3-14)25-17-10-20-7-8-21-17/h1,6-10,14-15,22H,2-5,11H2. The molecule has 1 N–H and O–H groups in total. The molecule has 1 aliphatic carbocycles. The second-order valence-electron chi connectivity index (χ2n) is 6.25. The van der Waals surface area contributed by atoms with Crippen LogP contribution in [0.3, 0.4) is 0 Å². The molecule has 1 fully saturated rings. The molecule has 0 amide bonds. The Hall–Kier alpha value is -2.13. The predicted octanol–water partition coefficient (Wildman–Crippen LogP) is 2.56. The summed E-state index contributed by atoms with van der Waals surface area (Å²) in [6, 6.07) is 2.53. The molecule has 0 spiro atoms. The van der Waals surface area contributed by atoms with Crippen molar-refractivity contribution in [3.05, 3.63) is 54.0 Å². The Morgan fingerprint density at radius 3 is 2.62 bits per heavy atom. The quantitative estimate of drug-likeness (QED) is 0.829. The molecule has 9 heteroatoms. The van der Waals surface area contributed by atoms with E-state index in [9.17, 15) is 17.2 Å². The molecular weight excluding hydrogens is 364 g/mol. The first-order valence-electron chi connectivity index (χ1n) is 8.28. The molecule has 0 atom stereocenters. The number of ether oxygens (including phenoxy) is 1. The Morgan fingerprint density at radius 1 is 1.15 bits per heavy atom. The first-order chi connectivity index (χ1) is 12.4. The Morgan fingerprint density at radius 2 is 1.92 bits per heavy atom. The van der Waals surface area contributed by atoms with Crippen LogP contribution >= 0.6 is 0 Å². The van der Waals surface area contributed by atoms with E-state index in [0.29, 0.717) is 31.6 Å². The highest BCUT2D eigenvalue weighted by atomic mass is 32.2. The lowest BCUT2D eigenvalue weighted by molar-refractivity contribution is 0.138. The lowest BCUT2D eigenvalue weighted by atomic mass is 9.94. The first-order valence-corrected chi connectivity index (χ1v) is 9.93. The number of hydrogen-bond donors (Lipinski definition) is 1. The number of halogens is 2. The van der Waals surface area contributed by atoms with Crippen molar-refractivity contribution >= 4 is 10.0 Å². The third kappa shape index (κ3) is 5.18. The summed E-state index contributed by atoms with van der Waals surface area (Å²) in [5, 5.41) is 0. The van der Waals surface area contributed by atoms with E-state index in [0.717, 1.165) is 18.2 Å². The van der Waals surface area contributed by atoms with Crippen LogP contribution in [0.2, 0.25) is 0 Å². The van der Waals surface area contributed by atoms with Crippen molar-refractivity contribution in [1.82, 2.24) is 14.7 Å². The van der Waals surface area contributed by atoms with E-state index < -0.39 is 27.4 Å². The average Bonchev–Trinajstić information content (AvgIpc) is 2.60. The van der Waals surface area contributed by atoms with Crippen LogP contribution in [0.15, 0.2) is 36.8 Å². The van der Waals surface area contributed by atoms with Crippen molar-refractivity contribution in [3.8, 4) is 5.88 Å². The van der Waals surface area contributed by atoms with Crippen LogP contribution in [0.4, 0.5) is 8.78 Å². The number of aromatic nitrogens is 2. The molecule has 0 bridgehead atoms. The Kier molecular flexibility index (Phi) is 5.77. The van der Waals surface area contributed by atoms with Crippen LogP contribution in [0.5, 0.6) is 5.88 Å². The van der Waals surface area contributed by atoms with Crippen molar-refractivity contribution in [3.63, 3.8) is 0 Å². The molecule has 2 aromatic rings. The molecule has 6 nitrogen and oxygen atoms in total. The van der Waals surface area contributed by atoms with Gasteiger partial charge in [-0.1, -0.05) is 0 Å². The van der Waals surface area contributed by atoms with Gasteiger partial charge in [0.2, 0.25) is 15.9 Å². The van der Waals surface area contributed by atoms with Gasteiger partial charge in [0.05, 0.1) is 11.9 Å². The molecule has 3 rings (SSSR count). The number of nitrogens with zero attached hydrogens (tertiary/aromatic N) is 2. The summed E-state index contributed by atoms with van der Waals surface area (Å²) in [7, 11) is -3.77. The lowest BCUT2D eigenvalue weighted by Gasteiger charge is -2.28. The number of hydrogen-bond acceptors (Lipinski definition) is 5. The third-order valence-electron chi connectivity index (χ3n) is 4.20. The van der Waals surface area contributed by atoms with Gasteiger partial charge in [-0.2, -0.15) is 0 Å². The van der Waals surface area contributed by atoms with Crippen molar-refractivity contribution in [2.75, 3.05) is 0 Å². The highest BCUT2D eigenvalue weighted by Gasteiger charge is 2.26. The monoisotopic (exact) mass is 383 g/mol. The van der Waals surface area contributed by atoms with Crippen molar-refractivity contribution in [2.24, 2.45) is 0 Å². The Bertz CT molecular complexity index is 842. The molecule has 0 unspecified atom stereocenters. The molecule has 0 aliphatic heterocycles. The normalized spacial score (nSPS) is 20.7. The molecule has 1 aromatic carbocycles. The van der Waals surface area contributed by atoms with E-state index in [-0.39, 0.29) is 17.7 Å². The summed E-state index contributed by atoms with van der Waals surface area (Å²) in [5.74, 6) is -1.55. The highest BCUT2D eigenvalue weighted by Crippen LogP contribution is 2.23. The van der Waals surface area contributed by atoms with E-state index in [4.69, 9.17) is 4.74 Å². The van der Waals surface area contributed by atoms with Gasteiger partial charge in [0.1, 0.15) is 17.7 Å². The predicted molar refractivity (Wildman–Crippen MR) is 90.8 cm³/mol. The fraction of sp³-hybridized carbons (Fsp3) is 0.412. The SMILES string of the molecule is O=S(=O)(Cc1cc(F)ccc1F)NC1CCC(Oc2cnccn2)CC1. The first kappa shape index (κ1) is 18.7. The number of sulfonamides is 1. The van der Waals surface area contributed by atoms with E-state index in [2.05, 4.69) is 14.7 Å². The molecular formula is C17H19F2N3O3S. The van der Waals surface area contributed by atoms with Gasteiger partial charge in [0.15, 0.2) is 0 Å². The minimum absolute atomic E-state index is 0.0480. The second-order valence-corrected chi connectivity index (χ2v) is 8.00. The van der Waals surface area contributed by atoms with Gasteiger partial charge in [0.25, 0.3) is 0 Å². The summed E-state index contributed by atoms with van der Waals surface area (Å²) < 4.78 is 59.6. The fourth-order valence-electron chi connectivity index (χ4n) is 2.97. The van der Waals surface area contributed by atoms with Crippen LogP contribution in [-0.2, 0) is 15.8 Å². The molecule has 140 valence electrons. The zero-order valence-corrected chi connectivity index (χ0v) is 14.8. The highest BCUT2D eigenvalue weighted by molar-refractivity contribution is 7.88. The van der Waals surface area contributed by atoms with Crippen LogP contribution in [0.25, 0.3) is 0 Å². The van der Waals surface area contributed by atoms with Crippen LogP contribution in [0, 0.1) is 11.6 Å². The third-order valence-corrected chi connectivity index (χ3v) is 5.58. The fourth-order valence-corrected chi connectivity index (χ4v) is 4.43. The summed E-state index contributed by atoms with van der Waals surface area (Å²) in [6.45, 7) is 0. The number of nitrogens with one attached hydrogen (secondary N) is 1.